The van der Waals surface area contributed by atoms with Crippen LogP contribution < -0.4 is 10.6 Å². The summed E-state index contributed by atoms with van der Waals surface area (Å²) in [7, 11) is 0. The largest absolute Gasteiger partial charge is 0.381 e. The lowest BCUT2D eigenvalue weighted by Gasteiger charge is -2.22. The number of hydrogen-bond donors (Lipinski definition) is 2. The van der Waals surface area contributed by atoms with Gasteiger partial charge < -0.3 is 20.1 Å². The van der Waals surface area contributed by atoms with Crippen LogP contribution >= 0.6 is 0 Å². The first-order chi connectivity index (χ1) is 11.5. The molecule has 0 aromatic heterocycles. The van der Waals surface area contributed by atoms with Crippen LogP contribution in [0, 0.1) is 13.8 Å². The topological polar surface area (TPSA) is 59.6 Å². The zero-order chi connectivity index (χ0) is 17.4. The number of carbonyl (C=O) groups excluding carboxylic acids is 1. The summed E-state index contributed by atoms with van der Waals surface area (Å²) >= 11 is 0. The van der Waals surface area contributed by atoms with Crippen LogP contribution in [0.25, 0.3) is 0 Å². The molecule has 5 heteroatoms. The van der Waals surface area contributed by atoms with Gasteiger partial charge in [0.2, 0.25) is 0 Å². The Morgan fingerprint density at radius 3 is 2.58 bits per heavy atom. The first kappa shape index (κ1) is 18.7. The van der Waals surface area contributed by atoms with Gasteiger partial charge in [-0.2, -0.15) is 0 Å². The van der Waals surface area contributed by atoms with Gasteiger partial charge in [-0.05, 0) is 45.6 Å². The number of benzene rings is 1. The third kappa shape index (κ3) is 6.49. The molecule has 1 aliphatic heterocycles. The van der Waals surface area contributed by atoms with E-state index in [-0.39, 0.29) is 12.1 Å². The molecule has 0 aliphatic carbocycles. The number of amides is 2. The predicted octanol–water partition coefficient (Wildman–Crippen LogP) is 3.25. The van der Waals surface area contributed by atoms with Crippen molar-refractivity contribution in [1.82, 2.24) is 10.6 Å². The van der Waals surface area contributed by atoms with Crippen LogP contribution in [-0.4, -0.2) is 38.5 Å². The summed E-state index contributed by atoms with van der Waals surface area (Å²) in [6.45, 7) is 9.03. The smallest absolute Gasteiger partial charge is 0.315 e. The third-order valence-corrected chi connectivity index (χ3v) is 4.22. The van der Waals surface area contributed by atoms with E-state index >= 15 is 0 Å². The number of carbonyl (C=O) groups is 1. The summed E-state index contributed by atoms with van der Waals surface area (Å²) in [6.07, 6.45) is 3.09. The Morgan fingerprint density at radius 2 is 1.92 bits per heavy atom. The van der Waals surface area contributed by atoms with E-state index in [0.717, 1.165) is 38.0 Å². The first-order valence-corrected chi connectivity index (χ1v) is 8.86. The van der Waals surface area contributed by atoms with Crippen molar-refractivity contribution < 1.29 is 14.3 Å². The van der Waals surface area contributed by atoms with Gasteiger partial charge in [-0.3, -0.25) is 0 Å². The van der Waals surface area contributed by atoms with Crippen molar-refractivity contribution in [2.45, 2.75) is 52.2 Å². The molecule has 0 radical (unpaired) electrons. The van der Waals surface area contributed by atoms with Crippen molar-refractivity contribution in [3.8, 4) is 0 Å². The second kappa shape index (κ2) is 9.64. The quantitative estimate of drug-likeness (QED) is 0.753. The molecule has 0 bridgehead atoms. The highest BCUT2D eigenvalue weighted by molar-refractivity contribution is 5.74. The van der Waals surface area contributed by atoms with Gasteiger partial charge in [0.15, 0.2) is 0 Å². The second-order valence-electron chi connectivity index (χ2n) is 6.58. The van der Waals surface area contributed by atoms with E-state index in [1.165, 1.54) is 11.1 Å². The zero-order valence-corrected chi connectivity index (χ0v) is 15.1. The molecule has 2 N–H and O–H groups in total. The summed E-state index contributed by atoms with van der Waals surface area (Å²) < 4.78 is 11.1. The zero-order valence-electron chi connectivity index (χ0n) is 15.1. The van der Waals surface area contributed by atoms with Crippen LogP contribution in [0.15, 0.2) is 18.2 Å². The highest BCUT2D eigenvalue weighted by Gasteiger charge is 2.14. The standard InChI is InChI=1S/C19H30N2O3/c1-14-11-15(2)13-17(12-14)16(3)21-19(22)20-7-4-8-24-18-5-9-23-10-6-18/h11-13,16,18H,4-10H2,1-3H3,(H2,20,21,22)/t16-/m0/s1. The average Bonchev–Trinajstić information content (AvgIpc) is 2.54. The molecule has 1 aromatic carbocycles. The van der Waals surface area contributed by atoms with Gasteiger partial charge in [0, 0.05) is 26.4 Å². The monoisotopic (exact) mass is 334 g/mol. The van der Waals surface area contributed by atoms with Crippen LogP contribution in [-0.2, 0) is 9.47 Å². The van der Waals surface area contributed by atoms with E-state index in [1.54, 1.807) is 0 Å². The molecule has 1 saturated heterocycles. The van der Waals surface area contributed by atoms with Gasteiger partial charge in [0.25, 0.3) is 0 Å². The Hall–Kier alpha value is -1.59. The van der Waals surface area contributed by atoms with Crippen molar-refractivity contribution in [2.24, 2.45) is 0 Å². The number of ether oxygens (including phenoxy) is 2. The predicted molar refractivity (Wildman–Crippen MR) is 95.3 cm³/mol. The highest BCUT2D eigenvalue weighted by atomic mass is 16.5. The number of nitrogens with one attached hydrogen (secondary N) is 2. The average molecular weight is 334 g/mol. The van der Waals surface area contributed by atoms with Gasteiger partial charge in [-0.15, -0.1) is 0 Å². The number of hydrogen-bond acceptors (Lipinski definition) is 3. The van der Waals surface area contributed by atoms with E-state index < -0.39 is 0 Å². The maximum Gasteiger partial charge on any atom is 0.315 e. The van der Waals surface area contributed by atoms with E-state index in [0.29, 0.717) is 19.3 Å². The van der Waals surface area contributed by atoms with Gasteiger partial charge in [0.1, 0.15) is 0 Å². The molecule has 2 amide bonds. The molecule has 0 unspecified atom stereocenters. The molecule has 0 saturated carbocycles. The maximum absolute atomic E-state index is 12.0. The highest BCUT2D eigenvalue weighted by Crippen LogP contribution is 2.16. The Bertz CT molecular complexity index is 507. The molecule has 5 nitrogen and oxygen atoms in total. The van der Waals surface area contributed by atoms with E-state index in [1.807, 2.05) is 6.92 Å². The molecule has 1 aliphatic rings. The first-order valence-electron chi connectivity index (χ1n) is 8.86. The summed E-state index contributed by atoms with van der Waals surface area (Å²) in [6, 6.07) is 6.21. The fraction of sp³-hybridized carbons (Fsp3) is 0.632. The lowest BCUT2D eigenvalue weighted by molar-refractivity contribution is -0.0320. The molecule has 1 fully saturated rings. The van der Waals surface area contributed by atoms with E-state index in [2.05, 4.69) is 42.7 Å². The van der Waals surface area contributed by atoms with Crippen LogP contribution in [0.1, 0.15) is 48.9 Å². The maximum atomic E-state index is 12.0. The Labute approximate surface area is 145 Å². The van der Waals surface area contributed by atoms with Crippen LogP contribution in [0.4, 0.5) is 4.79 Å². The summed E-state index contributed by atoms with van der Waals surface area (Å²) in [5.41, 5.74) is 3.55. The molecule has 134 valence electrons. The van der Waals surface area contributed by atoms with Gasteiger partial charge in [0.05, 0.1) is 12.1 Å². The minimum Gasteiger partial charge on any atom is -0.381 e. The number of urea groups is 1. The molecular weight excluding hydrogens is 304 g/mol. The van der Waals surface area contributed by atoms with Crippen molar-refractivity contribution in [1.29, 1.82) is 0 Å². The van der Waals surface area contributed by atoms with Crippen molar-refractivity contribution in [2.75, 3.05) is 26.4 Å². The molecule has 0 spiro atoms. The van der Waals surface area contributed by atoms with E-state index in [9.17, 15) is 4.79 Å². The fourth-order valence-electron chi connectivity index (χ4n) is 2.96. The van der Waals surface area contributed by atoms with Crippen LogP contribution in [0.5, 0.6) is 0 Å². The van der Waals surface area contributed by atoms with Gasteiger partial charge in [-0.1, -0.05) is 29.3 Å². The van der Waals surface area contributed by atoms with Crippen LogP contribution in [0.2, 0.25) is 0 Å². The minimum absolute atomic E-state index is 0.0120. The molecule has 1 heterocycles. The molecule has 1 aromatic rings. The van der Waals surface area contributed by atoms with Crippen molar-refractivity contribution in [3.05, 3.63) is 34.9 Å². The lowest BCUT2D eigenvalue weighted by Crippen LogP contribution is -2.38. The Morgan fingerprint density at radius 1 is 1.25 bits per heavy atom. The Kier molecular flexibility index (Phi) is 7.53. The Balaban J connectivity index is 1.62. The van der Waals surface area contributed by atoms with Crippen LogP contribution in [0.3, 0.4) is 0 Å². The minimum atomic E-state index is -0.132. The van der Waals surface area contributed by atoms with Gasteiger partial charge in [-0.25, -0.2) is 4.79 Å². The molecular formula is C19H30N2O3. The SMILES string of the molecule is Cc1cc(C)cc([C@H](C)NC(=O)NCCCOC2CCOCC2)c1. The summed E-state index contributed by atoms with van der Waals surface area (Å²) in [5.74, 6) is 0. The van der Waals surface area contributed by atoms with E-state index in [4.69, 9.17) is 9.47 Å². The van der Waals surface area contributed by atoms with Gasteiger partial charge >= 0.3 is 6.03 Å². The second-order valence-corrected chi connectivity index (χ2v) is 6.58. The number of aryl methyl sites for hydroxylation is 2. The molecule has 2 rings (SSSR count). The van der Waals surface area contributed by atoms with Crippen molar-refractivity contribution >= 4 is 6.03 Å². The molecule has 24 heavy (non-hydrogen) atoms. The molecule has 1 atom stereocenters. The number of rotatable bonds is 7. The van der Waals surface area contributed by atoms with Crippen molar-refractivity contribution in [3.63, 3.8) is 0 Å². The third-order valence-electron chi connectivity index (χ3n) is 4.22. The summed E-state index contributed by atoms with van der Waals surface area (Å²) in [4.78, 5) is 12.0. The summed E-state index contributed by atoms with van der Waals surface area (Å²) in [5, 5.41) is 5.88. The normalized spacial score (nSPS) is 16.6. The lowest BCUT2D eigenvalue weighted by atomic mass is 10.0. The fourth-order valence-corrected chi connectivity index (χ4v) is 2.96.